The van der Waals surface area contributed by atoms with Crippen LogP contribution in [0.4, 0.5) is 0 Å². The first-order chi connectivity index (χ1) is 4.72. The van der Waals surface area contributed by atoms with E-state index in [0.717, 1.165) is 19.4 Å². The molecular weight excluding hydrogens is 338 g/mol. The molecule has 0 aromatic rings. The van der Waals surface area contributed by atoms with Crippen molar-refractivity contribution in [1.29, 1.82) is 0 Å². The predicted octanol–water partition coefficient (Wildman–Crippen LogP) is 1.53. The van der Waals surface area contributed by atoms with Crippen LogP contribution >= 0.6 is 19.6 Å². The summed E-state index contributed by atoms with van der Waals surface area (Å²) in [5, 5.41) is 0. The van der Waals surface area contributed by atoms with Crippen LogP contribution in [-0.4, -0.2) is 24.4 Å². The van der Waals surface area contributed by atoms with Crippen LogP contribution in [0.15, 0.2) is 0 Å². The van der Waals surface area contributed by atoms with E-state index < -0.39 is 14.9 Å². The van der Waals surface area contributed by atoms with Crippen LogP contribution in [0, 0.1) is 0 Å². The van der Waals surface area contributed by atoms with E-state index in [1.807, 2.05) is 7.05 Å². The van der Waals surface area contributed by atoms with Gasteiger partial charge in [-0.05, 0) is 6.42 Å². The molecule has 0 aromatic carbocycles. The number of carbonyl (C=O) groups is 1. The van der Waals surface area contributed by atoms with Crippen molar-refractivity contribution in [3.05, 3.63) is 0 Å². The van der Waals surface area contributed by atoms with E-state index in [2.05, 4.69) is 19.6 Å². The fraction of sp³-hybridized carbons (Fsp3) is 0.800. The van der Waals surface area contributed by atoms with Gasteiger partial charge in [0.2, 0.25) is 5.91 Å². The minimum atomic E-state index is -0.583. The van der Waals surface area contributed by atoms with Crippen molar-refractivity contribution in [2.24, 2.45) is 0 Å². The molecule has 2 nitrogen and oxygen atoms in total. The summed E-state index contributed by atoms with van der Waals surface area (Å²) in [6.07, 6.45) is 1.81. The fourth-order valence-electron chi connectivity index (χ4n) is 0.783. The molecule has 1 aliphatic rings. The summed E-state index contributed by atoms with van der Waals surface area (Å²) in [6.45, 7) is 0.957. The average Bonchev–Trinajstić information content (AvgIpc) is 2.19. The molecule has 0 bridgehead atoms. The van der Waals surface area contributed by atoms with Gasteiger partial charge in [-0.2, -0.15) is 0 Å². The molecule has 0 saturated carbocycles. The number of nitrogens with zero attached hydrogens (tertiary/aromatic N) is 1. The number of likely N-dealkylation sites (tertiary alicyclic amines) is 1. The molecule has 1 fully saturated rings. The van der Waals surface area contributed by atoms with Gasteiger partial charge in [-0.15, -0.1) is 0 Å². The van der Waals surface area contributed by atoms with E-state index in [1.54, 1.807) is 4.90 Å². The Morgan fingerprint density at radius 1 is 1.60 bits per heavy atom. The number of rotatable bonds is 0. The summed E-state index contributed by atoms with van der Waals surface area (Å²) in [4.78, 5) is 12.3. The van der Waals surface area contributed by atoms with Gasteiger partial charge in [0.05, 0.1) is 0 Å². The Hall–Kier alpha value is 0.598. The van der Waals surface area contributed by atoms with Crippen LogP contribution in [0.2, 0.25) is 0 Å². The third kappa shape index (κ3) is 4.42. The number of hydrogen-bond acceptors (Lipinski definition) is 3. The first-order valence-corrected chi connectivity index (χ1v) is 10.7. The van der Waals surface area contributed by atoms with Gasteiger partial charge in [-0.25, -0.2) is 0 Å². The van der Waals surface area contributed by atoms with Crippen molar-refractivity contribution in [3.63, 3.8) is 0 Å². The molecular formula is C5H9NOS2W. The molecule has 5 heteroatoms. The molecule has 1 rings (SSSR count). The Bertz CT molecular complexity index is 156. The van der Waals surface area contributed by atoms with Gasteiger partial charge in [-0.1, -0.05) is 0 Å². The Kier molecular flexibility index (Phi) is 6.70. The van der Waals surface area contributed by atoms with E-state index in [1.165, 1.54) is 0 Å². The Labute approximate surface area is 76.4 Å². The molecule has 1 aliphatic heterocycles. The van der Waals surface area contributed by atoms with E-state index >= 15 is 0 Å². The van der Waals surface area contributed by atoms with Gasteiger partial charge >= 0.3 is 34.6 Å². The Morgan fingerprint density at radius 3 is 2.20 bits per heavy atom. The van der Waals surface area contributed by atoms with Gasteiger partial charge in [-0.3, -0.25) is 4.79 Å². The van der Waals surface area contributed by atoms with Crippen molar-refractivity contribution in [3.8, 4) is 0 Å². The number of hydrogen-bond donors (Lipinski definition) is 0. The molecule has 1 amide bonds. The summed E-state index contributed by atoms with van der Waals surface area (Å²) in [5.74, 6) is 0.292. The van der Waals surface area contributed by atoms with Crippen molar-refractivity contribution < 1.29 is 19.7 Å². The third-order valence-corrected chi connectivity index (χ3v) is 1.31. The number of amides is 1. The fourth-order valence-corrected chi connectivity index (χ4v) is 0.783. The first-order valence-electron chi connectivity index (χ1n) is 2.88. The summed E-state index contributed by atoms with van der Waals surface area (Å²) in [6, 6.07) is 0. The van der Waals surface area contributed by atoms with Crippen LogP contribution in [0.25, 0.3) is 0 Å². The van der Waals surface area contributed by atoms with Gasteiger partial charge in [0, 0.05) is 20.0 Å². The molecule has 1 saturated heterocycles. The second-order valence-corrected chi connectivity index (χ2v) is 6.93. The van der Waals surface area contributed by atoms with Gasteiger partial charge in [0.1, 0.15) is 0 Å². The zero-order valence-electron chi connectivity index (χ0n) is 5.70. The first kappa shape index (κ1) is 10.6. The van der Waals surface area contributed by atoms with Crippen LogP contribution in [0.5, 0.6) is 0 Å². The van der Waals surface area contributed by atoms with Crippen molar-refractivity contribution in [1.82, 2.24) is 4.90 Å². The van der Waals surface area contributed by atoms with Gasteiger partial charge in [0.25, 0.3) is 0 Å². The standard InChI is InChI=1S/C5H9NO.2S.W/c1-6-4-2-3-5(6)7;;;/h2-4H2,1H3;;;. The normalized spacial score (nSPS) is 16.1. The monoisotopic (exact) mass is 347 g/mol. The second kappa shape index (κ2) is 6.32. The topological polar surface area (TPSA) is 20.3 Å². The molecule has 0 spiro atoms. The van der Waals surface area contributed by atoms with E-state index in [-0.39, 0.29) is 0 Å². The molecule has 1 heterocycles. The number of carbonyl (C=O) groups excluding carboxylic acids is 1. The van der Waals surface area contributed by atoms with Crippen LogP contribution in [0.3, 0.4) is 0 Å². The SMILES string of the molecule is CN1CCCC1=O.[S]=[W]=[S]. The van der Waals surface area contributed by atoms with Gasteiger partial charge < -0.3 is 4.90 Å². The summed E-state index contributed by atoms with van der Waals surface area (Å²) < 4.78 is 0. The zero-order chi connectivity index (χ0) is 7.98. The predicted molar refractivity (Wildman–Crippen MR) is 42.1 cm³/mol. The minimum absolute atomic E-state index is 0.292. The van der Waals surface area contributed by atoms with Crippen LogP contribution in [0.1, 0.15) is 12.8 Å². The van der Waals surface area contributed by atoms with E-state index in [0.29, 0.717) is 5.91 Å². The molecule has 0 unspecified atom stereocenters. The zero-order valence-corrected chi connectivity index (χ0v) is 10.3. The third-order valence-electron chi connectivity index (χ3n) is 1.31. The summed E-state index contributed by atoms with van der Waals surface area (Å²) >= 11 is -0.583. The van der Waals surface area contributed by atoms with E-state index in [9.17, 15) is 4.79 Å². The van der Waals surface area contributed by atoms with Crippen molar-refractivity contribution >= 4 is 25.5 Å². The average molecular weight is 347 g/mol. The Morgan fingerprint density at radius 2 is 2.10 bits per heavy atom. The molecule has 0 aliphatic carbocycles. The summed E-state index contributed by atoms with van der Waals surface area (Å²) in [5.41, 5.74) is 0. The van der Waals surface area contributed by atoms with Crippen molar-refractivity contribution in [2.75, 3.05) is 13.6 Å². The molecule has 0 atom stereocenters. The van der Waals surface area contributed by atoms with Crippen LogP contribution < -0.4 is 0 Å². The van der Waals surface area contributed by atoms with Crippen LogP contribution in [-0.2, 0) is 19.7 Å². The maximum atomic E-state index is 10.5. The Balaban J connectivity index is 0.000000236. The molecule has 0 radical (unpaired) electrons. The maximum absolute atomic E-state index is 10.5. The van der Waals surface area contributed by atoms with E-state index in [4.69, 9.17) is 0 Å². The molecule has 0 aromatic heterocycles. The molecule has 0 N–H and O–H groups in total. The molecule has 10 heavy (non-hydrogen) atoms. The molecule has 58 valence electrons. The summed E-state index contributed by atoms with van der Waals surface area (Å²) in [7, 11) is 10.6. The quantitative estimate of drug-likeness (QED) is 0.663. The van der Waals surface area contributed by atoms with Crippen molar-refractivity contribution in [2.45, 2.75) is 12.8 Å². The van der Waals surface area contributed by atoms with Gasteiger partial charge in [0.15, 0.2) is 0 Å². The second-order valence-electron chi connectivity index (χ2n) is 1.99.